The molecule has 4 aliphatic carbocycles. The minimum Gasteiger partial charge on any atom is -0.326 e. The lowest BCUT2D eigenvalue weighted by Gasteiger charge is -2.57. The third-order valence-corrected chi connectivity index (χ3v) is 6.16. The average Bonchev–Trinajstić information content (AvgIpc) is 2.35. The van der Waals surface area contributed by atoms with Gasteiger partial charge in [-0.1, -0.05) is 6.07 Å². The molecule has 0 atom stereocenters. The molecule has 1 aromatic rings. The van der Waals surface area contributed by atoms with E-state index in [1.165, 1.54) is 44.1 Å². The van der Waals surface area contributed by atoms with E-state index in [9.17, 15) is 4.79 Å². The van der Waals surface area contributed by atoms with Gasteiger partial charge < -0.3 is 5.32 Å². The number of benzene rings is 1. The van der Waals surface area contributed by atoms with Gasteiger partial charge in [0, 0.05) is 12.6 Å². The number of nitrogens with one attached hydrogen (secondary N) is 1. The zero-order chi connectivity index (χ0) is 14.6. The second-order valence-electron chi connectivity index (χ2n) is 7.91. The minimum absolute atomic E-state index is 0.0111. The van der Waals surface area contributed by atoms with E-state index in [-0.39, 0.29) is 5.91 Å². The summed E-state index contributed by atoms with van der Waals surface area (Å²) in [5.74, 6) is 2.94. The molecule has 0 heterocycles. The molecule has 4 bridgehead atoms. The Morgan fingerprint density at radius 1 is 1.10 bits per heavy atom. The smallest absolute Gasteiger partial charge is 0.221 e. The maximum absolute atomic E-state index is 11.2. The summed E-state index contributed by atoms with van der Waals surface area (Å²) in [6.07, 6.45) is 8.67. The molecule has 4 saturated carbocycles. The van der Waals surface area contributed by atoms with Gasteiger partial charge in [0.15, 0.2) is 0 Å². The van der Waals surface area contributed by atoms with Crippen molar-refractivity contribution in [1.82, 2.24) is 0 Å². The van der Waals surface area contributed by atoms with Gasteiger partial charge >= 0.3 is 0 Å². The van der Waals surface area contributed by atoms with Crippen LogP contribution < -0.4 is 5.32 Å². The van der Waals surface area contributed by atoms with Crippen molar-refractivity contribution in [1.29, 1.82) is 0 Å². The molecule has 4 fully saturated rings. The fraction of sp³-hybridized carbons (Fsp3) is 0.632. The maximum atomic E-state index is 11.2. The molecular weight excluding hydrogens is 258 g/mol. The van der Waals surface area contributed by atoms with Crippen molar-refractivity contribution in [3.63, 3.8) is 0 Å². The summed E-state index contributed by atoms with van der Waals surface area (Å²) in [7, 11) is 0. The Balaban J connectivity index is 1.68. The minimum atomic E-state index is 0.0111. The predicted octanol–water partition coefficient (Wildman–Crippen LogP) is 4.42. The molecule has 0 aromatic heterocycles. The summed E-state index contributed by atoms with van der Waals surface area (Å²) in [6, 6.07) is 6.56. The molecule has 2 heteroatoms. The molecule has 4 aliphatic rings. The van der Waals surface area contributed by atoms with Crippen LogP contribution in [0.5, 0.6) is 0 Å². The van der Waals surface area contributed by atoms with Crippen LogP contribution in [0, 0.1) is 24.7 Å². The first-order valence-electron chi connectivity index (χ1n) is 8.43. The molecule has 2 nitrogen and oxygen atoms in total. The summed E-state index contributed by atoms with van der Waals surface area (Å²) >= 11 is 0. The van der Waals surface area contributed by atoms with Crippen molar-refractivity contribution in [2.24, 2.45) is 17.8 Å². The van der Waals surface area contributed by atoms with Crippen LogP contribution in [0.25, 0.3) is 0 Å². The normalized spacial score (nSPS) is 36.8. The van der Waals surface area contributed by atoms with Gasteiger partial charge in [0.1, 0.15) is 0 Å². The van der Waals surface area contributed by atoms with E-state index in [2.05, 4.69) is 30.4 Å². The van der Waals surface area contributed by atoms with Gasteiger partial charge in [-0.3, -0.25) is 4.79 Å². The van der Waals surface area contributed by atoms with E-state index in [1.807, 2.05) is 0 Å². The number of hydrogen-bond acceptors (Lipinski definition) is 1. The number of aryl methyl sites for hydroxylation is 1. The van der Waals surface area contributed by atoms with Crippen LogP contribution in [0.4, 0.5) is 5.69 Å². The van der Waals surface area contributed by atoms with Gasteiger partial charge in [0.25, 0.3) is 0 Å². The zero-order valence-corrected chi connectivity index (χ0v) is 13.1. The molecule has 0 radical (unpaired) electrons. The Labute approximate surface area is 127 Å². The second kappa shape index (κ2) is 4.59. The highest BCUT2D eigenvalue weighted by Gasteiger charge is 2.51. The Bertz CT molecular complexity index is 554. The van der Waals surface area contributed by atoms with Crippen molar-refractivity contribution in [3.8, 4) is 0 Å². The first-order chi connectivity index (χ1) is 10.0. The van der Waals surface area contributed by atoms with E-state index >= 15 is 0 Å². The highest BCUT2D eigenvalue weighted by Crippen LogP contribution is 2.61. The molecule has 112 valence electrons. The van der Waals surface area contributed by atoms with E-state index < -0.39 is 0 Å². The molecule has 5 rings (SSSR count). The van der Waals surface area contributed by atoms with Crippen LogP contribution in [-0.4, -0.2) is 5.91 Å². The van der Waals surface area contributed by atoms with Crippen molar-refractivity contribution in [2.45, 2.75) is 57.8 Å². The second-order valence-corrected chi connectivity index (χ2v) is 7.91. The Kier molecular flexibility index (Phi) is 2.92. The third-order valence-electron chi connectivity index (χ3n) is 6.16. The molecule has 0 saturated heterocycles. The van der Waals surface area contributed by atoms with Crippen molar-refractivity contribution >= 4 is 11.6 Å². The Hall–Kier alpha value is -1.31. The predicted molar refractivity (Wildman–Crippen MR) is 85.3 cm³/mol. The molecule has 1 amide bonds. The summed E-state index contributed by atoms with van der Waals surface area (Å²) in [5.41, 5.74) is 4.32. The zero-order valence-electron chi connectivity index (χ0n) is 13.1. The van der Waals surface area contributed by atoms with Crippen molar-refractivity contribution in [3.05, 3.63) is 29.3 Å². The first-order valence-corrected chi connectivity index (χ1v) is 8.43. The molecule has 1 N–H and O–H groups in total. The van der Waals surface area contributed by atoms with Crippen molar-refractivity contribution < 1.29 is 4.79 Å². The van der Waals surface area contributed by atoms with Gasteiger partial charge in [0.05, 0.1) is 0 Å². The lowest BCUT2D eigenvalue weighted by atomic mass is 9.47. The highest BCUT2D eigenvalue weighted by atomic mass is 16.1. The van der Waals surface area contributed by atoms with E-state index in [4.69, 9.17) is 0 Å². The summed E-state index contributed by atoms with van der Waals surface area (Å²) in [5, 5.41) is 2.91. The summed E-state index contributed by atoms with van der Waals surface area (Å²) < 4.78 is 0. The Morgan fingerprint density at radius 3 is 2.14 bits per heavy atom. The van der Waals surface area contributed by atoms with E-state index in [1.54, 1.807) is 12.5 Å². The molecular formula is C19H25NO. The van der Waals surface area contributed by atoms with Crippen molar-refractivity contribution in [2.75, 3.05) is 5.32 Å². The lowest BCUT2D eigenvalue weighted by Crippen LogP contribution is -2.48. The van der Waals surface area contributed by atoms with Gasteiger partial charge in [0.2, 0.25) is 5.91 Å². The third kappa shape index (κ3) is 2.20. The van der Waals surface area contributed by atoms with Gasteiger partial charge in [-0.2, -0.15) is 0 Å². The monoisotopic (exact) mass is 283 g/mol. The summed E-state index contributed by atoms with van der Waals surface area (Å²) in [6.45, 7) is 3.79. The topological polar surface area (TPSA) is 29.1 Å². The van der Waals surface area contributed by atoms with Crippen LogP contribution in [0.15, 0.2) is 18.2 Å². The lowest BCUT2D eigenvalue weighted by molar-refractivity contribution is -0.114. The van der Waals surface area contributed by atoms with Crippen LogP contribution in [0.2, 0.25) is 0 Å². The molecule has 0 unspecified atom stereocenters. The number of amides is 1. The largest absolute Gasteiger partial charge is 0.326 e. The summed E-state index contributed by atoms with van der Waals surface area (Å²) in [4.78, 5) is 11.2. The number of carbonyl (C=O) groups is 1. The fourth-order valence-corrected chi connectivity index (χ4v) is 5.98. The number of carbonyl (C=O) groups excluding carboxylic acids is 1. The van der Waals surface area contributed by atoms with E-state index in [0.717, 1.165) is 23.4 Å². The van der Waals surface area contributed by atoms with E-state index in [0.29, 0.717) is 5.41 Å². The number of anilines is 1. The number of hydrogen-bond donors (Lipinski definition) is 1. The highest BCUT2D eigenvalue weighted by molar-refractivity contribution is 5.88. The molecule has 21 heavy (non-hydrogen) atoms. The van der Waals surface area contributed by atoms with Gasteiger partial charge in [-0.25, -0.2) is 0 Å². The maximum Gasteiger partial charge on any atom is 0.221 e. The molecule has 1 aromatic carbocycles. The number of rotatable bonds is 2. The first kappa shape index (κ1) is 13.4. The average molecular weight is 283 g/mol. The van der Waals surface area contributed by atoms with Crippen LogP contribution in [0.3, 0.4) is 0 Å². The van der Waals surface area contributed by atoms with Crippen LogP contribution >= 0.6 is 0 Å². The quantitative estimate of drug-likeness (QED) is 0.855. The SMILES string of the molecule is CC(=O)Nc1ccc(C23CC4CC(CC(C4)C2)C3)c(C)c1. The molecule has 0 spiro atoms. The van der Waals surface area contributed by atoms with Gasteiger partial charge in [-0.15, -0.1) is 0 Å². The van der Waals surface area contributed by atoms with Crippen LogP contribution in [-0.2, 0) is 10.2 Å². The fourth-order valence-electron chi connectivity index (χ4n) is 5.98. The molecule has 0 aliphatic heterocycles. The van der Waals surface area contributed by atoms with Crippen LogP contribution in [0.1, 0.15) is 56.6 Å². The van der Waals surface area contributed by atoms with Gasteiger partial charge in [-0.05, 0) is 91.9 Å². The Morgan fingerprint density at radius 2 is 1.67 bits per heavy atom. The standard InChI is InChI=1S/C19H25NO/c1-12-5-17(20-13(2)21)3-4-18(12)19-9-14-6-15(10-19)8-16(7-14)11-19/h3-5,14-16H,6-11H2,1-2H3,(H,20,21).